The Morgan fingerprint density at radius 2 is 1.79 bits per heavy atom. The third-order valence-electron chi connectivity index (χ3n) is 3.02. The molecule has 1 unspecified atom stereocenters. The number of thioether (sulfide) groups is 1. The third kappa shape index (κ3) is 4.68. The Bertz CT molecular complexity index is 525. The van der Waals surface area contributed by atoms with Crippen LogP contribution in [0, 0.1) is 6.92 Å². The van der Waals surface area contributed by atoms with Crippen LogP contribution in [-0.4, -0.2) is 11.8 Å². The highest BCUT2D eigenvalue weighted by Gasteiger charge is 2.06. The second-order valence-electron chi connectivity index (χ2n) is 4.66. The highest BCUT2D eigenvalue weighted by Crippen LogP contribution is 2.22. The van der Waals surface area contributed by atoms with Crippen molar-refractivity contribution in [2.45, 2.75) is 24.3 Å². The van der Waals surface area contributed by atoms with Crippen molar-refractivity contribution in [2.24, 2.45) is 5.73 Å². The highest BCUT2D eigenvalue weighted by molar-refractivity contribution is 9.10. The van der Waals surface area contributed by atoms with Crippen molar-refractivity contribution in [3.63, 3.8) is 0 Å². The molecule has 3 heteroatoms. The second kappa shape index (κ2) is 7.13. The zero-order valence-corrected chi connectivity index (χ0v) is 13.4. The smallest absolute Gasteiger partial charge is 0.0176 e. The standard InChI is InChI=1S/C16H18BrNS/c1-12-4-2-3-5-13(12)10-15(18)11-19-16-8-6-14(17)7-9-16/h2-9,15H,10-11,18H2,1H3. The normalized spacial score (nSPS) is 12.4. The fraction of sp³-hybridized carbons (Fsp3) is 0.250. The Labute approximate surface area is 127 Å². The Hall–Kier alpha value is -0.770. The number of halogens is 1. The van der Waals surface area contributed by atoms with E-state index in [4.69, 9.17) is 5.73 Å². The zero-order valence-electron chi connectivity index (χ0n) is 11.0. The summed E-state index contributed by atoms with van der Waals surface area (Å²) in [5.74, 6) is 0.940. The maximum Gasteiger partial charge on any atom is 0.0176 e. The quantitative estimate of drug-likeness (QED) is 0.818. The van der Waals surface area contributed by atoms with Gasteiger partial charge in [-0.15, -0.1) is 11.8 Å². The Kier molecular flexibility index (Phi) is 5.49. The van der Waals surface area contributed by atoms with E-state index in [2.05, 4.69) is 71.4 Å². The van der Waals surface area contributed by atoms with Crippen molar-refractivity contribution in [2.75, 3.05) is 5.75 Å². The average Bonchev–Trinajstić information content (AvgIpc) is 2.41. The average molecular weight is 336 g/mol. The van der Waals surface area contributed by atoms with Crippen molar-refractivity contribution in [1.82, 2.24) is 0 Å². The van der Waals surface area contributed by atoms with Gasteiger partial charge in [-0.2, -0.15) is 0 Å². The van der Waals surface area contributed by atoms with Gasteiger partial charge in [0.25, 0.3) is 0 Å². The van der Waals surface area contributed by atoms with Crippen molar-refractivity contribution < 1.29 is 0 Å². The van der Waals surface area contributed by atoms with Crippen LogP contribution < -0.4 is 5.73 Å². The molecule has 0 fully saturated rings. The largest absolute Gasteiger partial charge is 0.327 e. The summed E-state index contributed by atoms with van der Waals surface area (Å²) in [5.41, 5.74) is 8.90. The van der Waals surface area contributed by atoms with E-state index in [1.165, 1.54) is 16.0 Å². The summed E-state index contributed by atoms with van der Waals surface area (Å²) in [6.07, 6.45) is 0.941. The number of aryl methyl sites for hydroxylation is 1. The van der Waals surface area contributed by atoms with E-state index in [0.717, 1.165) is 16.6 Å². The predicted molar refractivity (Wildman–Crippen MR) is 87.7 cm³/mol. The van der Waals surface area contributed by atoms with Gasteiger partial charge >= 0.3 is 0 Å². The molecule has 1 nitrogen and oxygen atoms in total. The molecular weight excluding hydrogens is 318 g/mol. The molecule has 0 heterocycles. The van der Waals surface area contributed by atoms with Crippen molar-refractivity contribution in [1.29, 1.82) is 0 Å². The van der Waals surface area contributed by atoms with Crippen LogP contribution in [0.4, 0.5) is 0 Å². The van der Waals surface area contributed by atoms with Gasteiger partial charge in [-0.05, 0) is 48.7 Å². The molecule has 0 aliphatic heterocycles. The molecule has 0 aliphatic rings. The van der Waals surface area contributed by atoms with Gasteiger partial charge in [0.05, 0.1) is 0 Å². The first-order chi connectivity index (χ1) is 9.15. The topological polar surface area (TPSA) is 26.0 Å². The Morgan fingerprint density at radius 1 is 1.11 bits per heavy atom. The molecule has 0 saturated carbocycles. The number of hydrogen-bond acceptors (Lipinski definition) is 2. The molecule has 2 N–H and O–H groups in total. The molecule has 2 aromatic carbocycles. The molecule has 0 saturated heterocycles. The molecule has 2 aromatic rings. The zero-order chi connectivity index (χ0) is 13.7. The number of benzene rings is 2. The van der Waals surface area contributed by atoms with Crippen LogP contribution in [-0.2, 0) is 6.42 Å². The second-order valence-corrected chi connectivity index (χ2v) is 6.66. The lowest BCUT2D eigenvalue weighted by atomic mass is 10.0. The number of nitrogens with two attached hydrogens (primary N) is 1. The maximum absolute atomic E-state index is 6.22. The van der Waals surface area contributed by atoms with Gasteiger partial charge in [0.15, 0.2) is 0 Å². The Balaban J connectivity index is 1.86. The van der Waals surface area contributed by atoms with Crippen molar-refractivity contribution >= 4 is 27.7 Å². The van der Waals surface area contributed by atoms with Gasteiger partial charge in [-0.3, -0.25) is 0 Å². The molecular formula is C16H18BrNS. The van der Waals surface area contributed by atoms with Crippen LogP contribution in [0.1, 0.15) is 11.1 Å². The van der Waals surface area contributed by atoms with Gasteiger partial charge in [0.1, 0.15) is 0 Å². The van der Waals surface area contributed by atoms with Gasteiger partial charge < -0.3 is 5.73 Å². The van der Waals surface area contributed by atoms with Crippen LogP contribution in [0.5, 0.6) is 0 Å². The lowest BCUT2D eigenvalue weighted by Gasteiger charge is -2.13. The van der Waals surface area contributed by atoms with Gasteiger partial charge in [-0.1, -0.05) is 40.2 Å². The molecule has 0 spiro atoms. The summed E-state index contributed by atoms with van der Waals surface area (Å²) in [5, 5.41) is 0. The van der Waals surface area contributed by atoms with E-state index in [-0.39, 0.29) is 6.04 Å². The van der Waals surface area contributed by atoms with Crippen LogP contribution in [0.15, 0.2) is 57.9 Å². The lowest BCUT2D eigenvalue weighted by molar-refractivity contribution is 0.745. The van der Waals surface area contributed by atoms with E-state index >= 15 is 0 Å². The number of rotatable bonds is 5. The van der Waals surface area contributed by atoms with Gasteiger partial charge in [-0.25, -0.2) is 0 Å². The predicted octanol–water partition coefficient (Wildman–Crippen LogP) is 4.42. The summed E-state index contributed by atoms with van der Waals surface area (Å²) in [7, 11) is 0. The fourth-order valence-electron chi connectivity index (χ4n) is 1.91. The summed E-state index contributed by atoms with van der Waals surface area (Å²) in [4.78, 5) is 1.27. The molecule has 100 valence electrons. The molecule has 0 bridgehead atoms. The highest BCUT2D eigenvalue weighted by atomic mass is 79.9. The monoisotopic (exact) mass is 335 g/mol. The molecule has 1 atom stereocenters. The van der Waals surface area contributed by atoms with Crippen LogP contribution in [0.25, 0.3) is 0 Å². The number of hydrogen-bond donors (Lipinski definition) is 1. The summed E-state index contributed by atoms with van der Waals surface area (Å²) in [6, 6.07) is 17.0. The summed E-state index contributed by atoms with van der Waals surface area (Å²) < 4.78 is 1.11. The SMILES string of the molecule is Cc1ccccc1CC(N)CSc1ccc(Br)cc1. The first-order valence-corrected chi connectivity index (χ1v) is 8.11. The maximum atomic E-state index is 6.22. The molecule has 19 heavy (non-hydrogen) atoms. The minimum absolute atomic E-state index is 0.190. The van der Waals surface area contributed by atoms with Crippen LogP contribution >= 0.6 is 27.7 Å². The van der Waals surface area contributed by atoms with E-state index < -0.39 is 0 Å². The van der Waals surface area contributed by atoms with Gasteiger partial charge in [0, 0.05) is 21.2 Å². The minimum atomic E-state index is 0.190. The van der Waals surface area contributed by atoms with Crippen LogP contribution in [0.2, 0.25) is 0 Å². The van der Waals surface area contributed by atoms with E-state index in [0.29, 0.717) is 0 Å². The third-order valence-corrected chi connectivity index (χ3v) is 4.75. The lowest BCUT2D eigenvalue weighted by Crippen LogP contribution is -2.25. The van der Waals surface area contributed by atoms with E-state index in [9.17, 15) is 0 Å². The van der Waals surface area contributed by atoms with E-state index in [1.807, 2.05) is 11.8 Å². The summed E-state index contributed by atoms with van der Waals surface area (Å²) in [6.45, 7) is 2.14. The molecule has 2 rings (SSSR count). The van der Waals surface area contributed by atoms with Gasteiger partial charge in [0.2, 0.25) is 0 Å². The fourth-order valence-corrected chi connectivity index (χ4v) is 3.03. The van der Waals surface area contributed by atoms with Crippen molar-refractivity contribution in [3.8, 4) is 0 Å². The van der Waals surface area contributed by atoms with Crippen molar-refractivity contribution in [3.05, 3.63) is 64.1 Å². The van der Waals surface area contributed by atoms with E-state index in [1.54, 1.807) is 0 Å². The first kappa shape index (κ1) is 14.6. The molecule has 0 aliphatic carbocycles. The minimum Gasteiger partial charge on any atom is -0.327 e. The Morgan fingerprint density at radius 3 is 2.47 bits per heavy atom. The molecule has 0 aromatic heterocycles. The first-order valence-electron chi connectivity index (χ1n) is 6.33. The summed E-state index contributed by atoms with van der Waals surface area (Å²) >= 11 is 5.26. The molecule has 0 amide bonds. The van der Waals surface area contributed by atoms with Crippen LogP contribution in [0.3, 0.4) is 0 Å². The molecule has 0 radical (unpaired) electrons.